The van der Waals surface area contributed by atoms with Crippen LogP contribution in [0.4, 0.5) is 0 Å². The molecule has 1 amide bonds. The van der Waals surface area contributed by atoms with E-state index in [4.69, 9.17) is 0 Å². The lowest BCUT2D eigenvalue weighted by molar-refractivity contribution is 0.0827. The van der Waals surface area contributed by atoms with E-state index in [-0.39, 0.29) is 5.91 Å². The number of carbonyl (C=O) groups excluding carboxylic acids is 1. The molecular weight excluding hydrogens is 324 g/mol. The second-order valence-corrected chi connectivity index (χ2v) is 7.85. The number of aliphatic imine (C=N–C) groups is 1. The normalized spacial score (nSPS) is 17.7. The van der Waals surface area contributed by atoms with Crippen molar-refractivity contribution in [3.8, 4) is 0 Å². The van der Waals surface area contributed by atoms with Crippen molar-refractivity contribution in [1.29, 1.82) is 0 Å². The predicted molar refractivity (Wildman–Crippen MR) is 109 cm³/mol. The number of rotatable bonds is 6. The van der Waals surface area contributed by atoms with Gasteiger partial charge in [0, 0.05) is 46.3 Å². The van der Waals surface area contributed by atoms with Crippen molar-refractivity contribution in [2.75, 3.05) is 40.8 Å². The van der Waals surface area contributed by atoms with Crippen molar-refractivity contribution in [3.63, 3.8) is 0 Å². The van der Waals surface area contributed by atoms with Gasteiger partial charge in [-0.15, -0.1) is 0 Å². The fourth-order valence-corrected chi connectivity index (χ4v) is 3.65. The van der Waals surface area contributed by atoms with Gasteiger partial charge in [-0.1, -0.05) is 26.0 Å². The predicted octanol–water partition coefficient (Wildman–Crippen LogP) is 2.87. The highest BCUT2D eigenvalue weighted by molar-refractivity contribution is 5.94. The van der Waals surface area contributed by atoms with Crippen molar-refractivity contribution in [2.24, 2.45) is 16.8 Å². The van der Waals surface area contributed by atoms with Crippen molar-refractivity contribution >= 4 is 11.9 Å². The maximum atomic E-state index is 12.1. The molecule has 0 aromatic heterocycles. The van der Waals surface area contributed by atoms with Gasteiger partial charge in [0.1, 0.15) is 0 Å². The maximum Gasteiger partial charge on any atom is 0.253 e. The van der Waals surface area contributed by atoms with E-state index < -0.39 is 0 Å². The molecule has 1 unspecified atom stereocenters. The number of hydrogen-bond acceptors (Lipinski definition) is 2. The van der Waals surface area contributed by atoms with E-state index in [0.29, 0.717) is 0 Å². The summed E-state index contributed by atoms with van der Waals surface area (Å²) in [6, 6.07) is 7.89. The third kappa shape index (κ3) is 5.75. The first-order valence-corrected chi connectivity index (χ1v) is 9.67. The van der Waals surface area contributed by atoms with Crippen LogP contribution in [0.2, 0.25) is 0 Å². The van der Waals surface area contributed by atoms with Crippen LogP contribution in [0.15, 0.2) is 29.3 Å². The number of benzene rings is 1. The molecule has 5 nitrogen and oxygen atoms in total. The zero-order valence-corrected chi connectivity index (χ0v) is 17.0. The van der Waals surface area contributed by atoms with Crippen molar-refractivity contribution < 1.29 is 4.79 Å². The van der Waals surface area contributed by atoms with E-state index in [1.807, 2.05) is 25.2 Å². The molecule has 1 atom stereocenters. The Hall–Kier alpha value is -2.04. The standard InChI is InChI=1S/C21H34N4O/c1-16(2)13-18-10-12-25(15-18)21(22-3)23-11-9-17-7-6-8-19(14-17)20(26)24(4)5/h6-8,14,16,18H,9-13,15H2,1-5H3,(H,22,23). The summed E-state index contributed by atoms with van der Waals surface area (Å²) in [5, 5.41) is 3.49. The maximum absolute atomic E-state index is 12.1. The van der Waals surface area contributed by atoms with Crippen LogP contribution in [-0.2, 0) is 6.42 Å². The topological polar surface area (TPSA) is 47.9 Å². The van der Waals surface area contributed by atoms with Gasteiger partial charge in [-0.25, -0.2) is 0 Å². The molecule has 1 heterocycles. The minimum absolute atomic E-state index is 0.0453. The van der Waals surface area contributed by atoms with Gasteiger partial charge in [0.05, 0.1) is 0 Å². The first-order chi connectivity index (χ1) is 12.4. The Balaban J connectivity index is 1.85. The molecule has 1 saturated heterocycles. The smallest absolute Gasteiger partial charge is 0.253 e. The van der Waals surface area contributed by atoms with Crippen LogP contribution < -0.4 is 5.32 Å². The molecule has 2 rings (SSSR count). The van der Waals surface area contributed by atoms with Gasteiger partial charge in [0.25, 0.3) is 5.91 Å². The van der Waals surface area contributed by atoms with Gasteiger partial charge in [-0.05, 0) is 48.8 Å². The summed E-state index contributed by atoms with van der Waals surface area (Å²) in [7, 11) is 5.42. The molecule has 5 heteroatoms. The third-order valence-electron chi connectivity index (χ3n) is 4.88. The van der Waals surface area contributed by atoms with Gasteiger partial charge in [0.15, 0.2) is 5.96 Å². The fourth-order valence-electron chi connectivity index (χ4n) is 3.65. The molecule has 0 radical (unpaired) electrons. The van der Waals surface area contributed by atoms with Gasteiger partial charge < -0.3 is 15.1 Å². The van der Waals surface area contributed by atoms with Gasteiger partial charge in [0.2, 0.25) is 0 Å². The van der Waals surface area contributed by atoms with Gasteiger partial charge in [-0.2, -0.15) is 0 Å². The minimum Gasteiger partial charge on any atom is -0.356 e. The number of nitrogens with one attached hydrogen (secondary N) is 1. The molecule has 0 saturated carbocycles. The zero-order valence-electron chi connectivity index (χ0n) is 17.0. The SMILES string of the molecule is CN=C(NCCc1cccc(C(=O)N(C)C)c1)N1CCC(CC(C)C)C1. The van der Waals surface area contributed by atoms with Crippen molar-refractivity contribution in [3.05, 3.63) is 35.4 Å². The van der Waals surface area contributed by atoms with E-state index in [1.165, 1.54) is 18.4 Å². The second kappa shape index (κ2) is 9.60. The number of likely N-dealkylation sites (tertiary alicyclic amines) is 1. The summed E-state index contributed by atoms with van der Waals surface area (Å²) in [4.78, 5) is 20.5. The van der Waals surface area contributed by atoms with E-state index >= 15 is 0 Å². The Morgan fingerprint density at radius 3 is 2.81 bits per heavy atom. The molecule has 144 valence electrons. The van der Waals surface area contributed by atoms with Crippen LogP contribution in [0.25, 0.3) is 0 Å². The second-order valence-electron chi connectivity index (χ2n) is 7.85. The Labute approximate surface area is 158 Å². The van der Waals surface area contributed by atoms with Crippen LogP contribution in [0.1, 0.15) is 42.6 Å². The van der Waals surface area contributed by atoms with Crippen LogP contribution >= 0.6 is 0 Å². The monoisotopic (exact) mass is 358 g/mol. The quantitative estimate of drug-likeness (QED) is 0.628. The Kier molecular flexibility index (Phi) is 7.49. The molecule has 0 spiro atoms. The van der Waals surface area contributed by atoms with Crippen LogP contribution in [0.3, 0.4) is 0 Å². The summed E-state index contributed by atoms with van der Waals surface area (Å²) in [5.74, 6) is 2.58. The highest BCUT2D eigenvalue weighted by Gasteiger charge is 2.25. The van der Waals surface area contributed by atoms with Gasteiger partial charge >= 0.3 is 0 Å². The Morgan fingerprint density at radius 1 is 1.38 bits per heavy atom. The van der Waals surface area contributed by atoms with Crippen molar-refractivity contribution in [2.45, 2.75) is 33.1 Å². The molecule has 1 aliphatic rings. The largest absolute Gasteiger partial charge is 0.356 e. The number of nitrogens with zero attached hydrogens (tertiary/aromatic N) is 3. The summed E-state index contributed by atoms with van der Waals surface area (Å²) >= 11 is 0. The summed E-state index contributed by atoms with van der Waals surface area (Å²) in [5.41, 5.74) is 1.91. The lowest BCUT2D eigenvalue weighted by Gasteiger charge is -2.22. The molecule has 1 aromatic carbocycles. The minimum atomic E-state index is 0.0453. The first kappa shape index (κ1) is 20.3. The van der Waals surface area contributed by atoms with E-state index in [2.05, 4.69) is 35.1 Å². The van der Waals surface area contributed by atoms with Crippen LogP contribution in [0, 0.1) is 11.8 Å². The number of hydrogen-bond donors (Lipinski definition) is 1. The average Bonchev–Trinajstić information content (AvgIpc) is 3.05. The molecule has 0 bridgehead atoms. The molecule has 26 heavy (non-hydrogen) atoms. The van der Waals surface area contributed by atoms with E-state index in [1.54, 1.807) is 19.0 Å². The molecule has 0 aliphatic carbocycles. The highest BCUT2D eigenvalue weighted by Crippen LogP contribution is 2.23. The zero-order chi connectivity index (χ0) is 19.1. The lowest BCUT2D eigenvalue weighted by Crippen LogP contribution is -2.40. The molecule has 1 fully saturated rings. The molecule has 1 aromatic rings. The highest BCUT2D eigenvalue weighted by atomic mass is 16.2. The number of amides is 1. The summed E-state index contributed by atoms with van der Waals surface area (Å²) in [6.45, 7) is 7.60. The number of guanidine groups is 1. The van der Waals surface area contributed by atoms with Crippen LogP contribution in [0.5, 0.6) is 0 Å². The molecular formula is C21H34N4O. The number of carbonyl (C=O) groups is 1. The Bertz CT molecular complexity index is 624. The van der Waals surface area contributed by atoms with E-state index in [9.17, 15) is 4.79 Å². The molecule has 1 aliphatic heterocycles. The Morgan fingerprint density at radius 2 is 2.15 bits per heavy atom. The molecule has 1 N–H and O–H groups in total. The van der Waals surface area contributed by atoms with Gasteiger partial charge in [-0.3, -0.25) is 9.79 Å². The summed E-state index contributed by atoms with van der Waals surface area (Å²) < 4.78 is 0. The average molecular weight is 359 g/mol. The lowest BCUT2D eigenvalue weighted by atomic mass is 9.97. The van der Waals surface area contributed by atoms with Crippen LogP contribution in [-0.4, -0.2) is 62.4 Å². The first-order valence-electron chi connectivity index (χ1n) is 9.67. The third-order valence-corrected chi connectivity index (χ3v) is 4.88. The fraction of sp³-hybridized carbons (Fsp3) is 0.619. The van der Waals surface area contributed by atoms with E-state index in [0.717, 1.165) is 49.4 Å². The van der Waals surface area contributed by atoms with Crippen molar-refractivity contribution in [1.82, 2.24) is 15.1 Å². The summed E-state index contributed by atoms with van der Waals surface area (Å²) in [6.07, 6.45) is 3.42.